The molecule has 0 spiro atoms. The van der Waals surface area contributed by atoms with Gasteiger partial charge in [-0.15, -0.1) is 0 Å². The Labute approximate surface area is 205 Å². The van der Waals surface area contributed by atoms with Crippen molar-refractivity contribution in [1.29, 1.82) is 0 Å². The average Bonchev–Trinajstić information content (AvgIpc) is 3.46. The Kier molecular flexibility index (Phi) is 6.14. The molecule has 36 heavy (non-hydrogen) atoms. The smallest absolute Gasteiger partial charge is 0.324 e. The van der Waals surface area contributed by atoms with E-state index in [9.17, 15) is 19.2 Å². The molecule has 0 atom stereocenters. The SMILES string of the molecule is O=C(CCN1C(=O)CNC1=O)Nc1ccc(NC(=O)c2ccc3noc(-c4ccccc4)c3c2)cc1. The third kappa shape index (κ3) is 4.78. The number of nitrogens with zero attached hydrogens (tertiary/aromatic N) is 2. The Hall–Kier alpha value is -4.99. The van der Waals surface area contributed by atoms with Crippen molar-refractivity contribution in [2.24, 2.45) is 0 Å². The van der Waals surface area contributed by atoms with E-state index < -0.39 is 6.03 Å². The molecule has 5 amide bonds. The molecule has 0 aliphatic carbocycles. The molecule has 5 rings (SSSR count). The first-order chi connectivity index (χ1) is 17.5. The number of hydrogen-bond acceptors (Lipinski definition) is 6. The van der Waals surface area contributed by atoms with Crippen LogP contribution in [0.2, 0.25) is 0 Å². The molecule has 1 aliphatic rings. The van der Waals surface area contributed by atoms with Gasteiger partial charge >= 0.3 is 6.03 Å². The standard InChI is InChI=1S/C26H21N5O5/c32-22(12-13-31-23(33)15-27-26(31)35)28-18-7-9-19(10-8-18)29-25(34)17-6-11-21-20(14-17)24(36-30-21)16-4-2-1-3-5-16/h1-11,14H,12-13,15H2,(H,27,35)(H,28,32)(H,29,34). The maximum atomic E-state index is 12.9. The van der Waals surface area contributed by atoms with Crippen molar-refractivity contribution in [3.63, 3.8) is 0 Å². The van der Waals surface area contributed by atoms with E-state index in [0.29, 0.717) is 28.2 Å². The van der Waals surface area contributed by atoms with Gasteiger partial charge in [-0.3, -0.25) is 19.3 Å². The number of aromatic nitrogens is 1. The molecule has 0 unspecified atom stereocenters. The van der Waals surface area contributed by atoms with Gasteiger partial charge in [-0.1, -0.05) is 35.5 Å². The third-order valence-corrected chi connectivity index (χ3v) is 5.70. The van der Waals surface area contributed by atoms with E-state index in [0.717, 1.165) is 15.8 Å². The van der Waals surface area contributed by atoms with Gasteiger partial charge < -0.3 is 20.5 Å². The summed E-state index contributed by atoms with van der Waals surface area (Å²) in [7, 11) is 0. The highest BCUT2D eigenvalue weighted by atomic mass is 16.5. The van der Waals surface area contributed by atoms with Crippen LogP contribution in [0, 0.1) is 0 Å². The maximum Gasteiger partial charge on any atom is 0.324 e. The van der Waals surface area contributed by atoms with Crippen molar-refractivity contribution < 1.29 is 23.7 Å². The molecule has 1 aliphatic heterocycles. The van der Waals surface area contributed by atoms with Crippen LogP contribution in [0.3, 0.4) is 0 Å². The van der Waals surface area contributed by atoms with Crippen LogP contribution in [-0.4, -0.2) is 46.9 Å². The van der Waals surface area contributed by atoms with Crippen molar-refractivity contribution in [3.8, 4) is 11.3 Å². The summed E-state index contributed by atoms with van der Waals surface area (Å²) in [6.07, 6.45) is -0.0199. The van der Waals surface area contributed by atoms with Crippen LogP contribution in [0.1, 0.15) is 16.8 Å². The number of rotatable bonds is 7. The number of urea groups is 1. The molecule has 1 aromatic heterocycles. The Morgan fingerprint density at radius 2 is 1.67 bits per heavy atom. The highest BCUT2D eigenvalue weighted by Crippen LogP contribution is 2.29. The van der Waals surface area contributed by atoms with E-state index in [1.54, 1.807) is 42.5 Å². The summed E-state index contributed by atoms with van der Waals surface area (Å²) < 4.78 is 5.50. The number of anilines is 2. The lowest BCUT2D eigenvalue weighted by Gasteiger charge is -2.12. The molecular weight excluding hydrogens is 462 g/mol. The number of nitrogens with one attached hydrogen (secondary N) is 3. The molecule has 180 valence electrons. The van der Waals surface area contributed by atoms with E-state index >= 15 is 0 Å². The van der Waals surface area contributed by atoms with Gasteiger partial charge in [0, 0.05) is 35.5 Å². The molecule has 10 heteroatoms. The molecule has 0 radical (unpaired) electrons. The number of benzene rings is 3. The van der Waals surface area contributed by atoms with E-state index in [2.05, 4.69) is 21.1 Å². The fraction of sp³-hybridized carbons (Fsp3) is 0.115. The Morgan fingerprint density at radius 1 is 0.944 bits per heavy atom. The minimum atomic E-state index is -0.493. The zero-order valence-electron chi connectivity index (χ0n) is 19.0. The van der Waals surface area contributed by atoms with Gasteiger partial charge in [-0.05, 0) is 42.5 Å². The molecule has 0 bridgehead atoms. The summed E-state index contributed by atoms with van der Waals surface area (Å²) >= 11 is 0. The number of carbonyl (C=O) groups excluding carboxylic acids is 4. The van der Waals surface area contributed by atoms with Crippen molar-refractivity contribution in [1.82, 2.24) is 15.4 Å². The van der Waals surface area contributed by atoms with Crippen LogP contribution < -0.4 is 16.0 Å². The van der Waals surface area contributed by atoms with Crippen LogP contribution >= 0.6 is 0 Å². The predicted molar refractivity (Wildman–Crippen MR) is 132 cm³/mol. The monoisotopic (exact) mass is 483 g/mol. The van der Waals surface area contributed by atoms with Gasteiger partial charge in [0.15, 0.2) is 5.76 Å². The second-order valence-electron chi connectivity index (χ2n) is 8.14. The fourth-order valence-electron chi connectivity index (χ4n) is 3.84. The predicted octanol–water partition coefficient (Wildman–Crippen LogP) is 3.63. The van der Waals surface area contributed by atoms with Crippen LogP contribution in [-0.2, 0) is 9.59 Å². The molecule has 1 saturated heterocycles. The summed E-state index contributed by atoms with van der Waals surface area (Å²) in [6.45, 7) is -0.0399. The van der Waals surface area contributed by atoms with Gasteiger partial charge in [-0.25, -0.2) is 4.79 Å². The van der Waals surface area contributed by atoms with E-state index in [-0.39, 0.29) is 37.2 Å². The number of amides is 5. The lowest BCUT2D eigenvalue weighted by atomic mass is 10.1. The number of hydrogen-bond donors (Lipinski definition) is 3. The summed E-state index contributed by atoms with van der Waals surface area (Å²) in [5, 5.41) is 12.8. The van der Waals surface area contributed by atoms with E-state index in [1.165, 1.54) is 0 Å². The van der Waals surface area contributed by atoms with Gasteiger partial charge in [0.1, 0.15) is 5.52 Å². The Morgan fingerprint density at radius 3 is 2.36 bits per heavy atom. The third-order valence-electron chi connectivity index (χ3n) is 5.70. The van der Waals surface area contributed by atoms with Gasteiger partial charge in [0.25, 0.3) is 5.91 Å². The summed E-state index contributed by atoms with van der Waals surface area (Å²) in [5.41, 5.74) is 3.03. The Balaban J connectivity index is 1.21. The molecule has 0 saturated carbocycles. The molecular formula is C26H21N5O5. The molecule has 2 heterocycles. The van der Waals surface area contributed by atoms with Crippen molar-refractivity contribution in [2.75, 3.05) is 23.7 Å². The first kappa shape index (κ1) is 22.8. The molecule has 3 aromatic carbocycles. The quantitative estimate of drug-likeness (QED) is 0.344. The largest absolute Gasteiger partial charge is 0.355 e. The minimum Gasteiger partial charge on any atom is -0.355 e. The molecule has 3 N–H and O–H groups in total. The summed E-state index contributed by atoms with van der Waals surface area (Å²) in [4.78, 5) is 49.2. The highest BCUT2D eigenvalue weighted by Gasteiger charge is 2.28. The van der Waals surface area contributed by atoms with Crippen molar-refractivity contribution in [3.05, 3.63) is 78.4 Å². The highest BCUT2D eigenvalue weighted by molar-refractivity contribution is 6.07. The second kappa shape index (κ2) is 9.71. The fourth-order valence-corrected chi connectivity index (χ4v) is 3.84. The first-order valence-corrected chi connectivity index (χ1v) is 11.2. The van der Waals surface area contributed by atoms with Crippen LogP contribution in [0.25, 0.3) is 22.2 Å². The normalized spacial score (nSPS) is 13.1. The minimum absolute atomic E-state index is 0.00710. The molecule has 10 nitrogen and oxygen atoms in total. The molecule has 4 aromatic rings. The number of imide groups is 1. The lowest BCUT2D eigenvalue weighted by molar-refractivity contribution is -0.125. The second-order valence-corrected chi connectivity index (χ2v) is 8.14. The van der Waals surface area contributed by atoms with Crippen molar-refractivity contribution in [2.45, 2.75) is 6.42 Å². The van der Waals surface area contributed by atoms with Crippen molar-refractivity contribution >= 4 is 46.0 Å². The average molecular weight is 483 g/mol. The topological polar surface area (TPSA) is 134 Å². The number of carbonyl (C=O) groups is 4. The lowest BCUT2D eigenvalue weighted by Crippen LogP contribution is -2.33. The Bertz CT molecular complexity index is 1450. The zero-order chi connectivity index (χ0) is 25.1. The summed E-state index contributed by atoms with van der Waals surface area (Å²) in [6, 6.07) is 20.8. The first-order valence-electron chi connectivity index (χ1n) is 11.2. The van der Waals surface area contributed by atoms with E-state index in [4.69, 9.17) is 4.52 Å². The molecule has 1 fully saturated rings. The maximum absolute atomic E-state index is 12.9. The van der Waals surface area contributed by atoms with Crippen LogP contribution in [0.15, 0.2) is 77.3 Å². The van der Waals surface area contributed by atoms with Gasteiger partial charge in [-0.2, -0.15) is 0 Å². The van der Waals surface area contributed by atoms with Gasteiger partial charge in [0.2, 0.25) is 11.8 Å². The van der Waals surface area contributed by atoms with E-state index in [1.807, 2.05) is 30.3 Å². The number of fused-ring (bicyclic) bond motifs is 1. The van der Waals surface area contributed by atoms with Gasteiger partial charge in [0.05, 0.1) is 11.9 Å². The van der Waals surface area contributed by atoms with Crippen LogP contribution in [0.5, 0.6) is 0 Å². The summed E-state index contributed by atoms with van der Waals surface area (Å²) in [5.74, 6) is -0.402. The van der Waals surface area contributed by atoms with Crippen LogP contribution in [0.4, 0.5) is 16.2 Å². The zero-order valence-corrected chi connectivity index (χ0v) is 19.0.